The van der Waals surface area contributed by atoms with E-state index in [1.165, 1.54) is 10.4 Å². The molecule has 0 aromatic carbocycles. The molecule has 0 saturated heterocycles. The molecule has 0 atom stereocenters. The van der Waals surface area contributed by atoms with Crippen molar-refractivity contribution in [3.63, 3.8) is 0 Å². The third-order valence-electron chi connectivity index (χ3n) is 2.08. The normalized spacial score (nSPS) is 10.1. The van der Waals surface area contributed by atoms with Crippen molar-refractivity contribution in [1.82, 2.24) is 4.90 Å². The van der Waals surface area contributed by atoms with Gasteiger partial charge >= 0.3 is 0 Å². The van der Waals surface area contributed by atoms with Gasteiger partial charge in [-0.3, -0.25) is 4.79 Å². The van der Waals surface area contributed by atoms with Gasteiger partial charge < -0.3 is 4.90 Å². The Balaban J connectivity index is 2.59. The zero-order chi connectivity index (χ0) is 9.84. The second-order valence-electron chi connectivity index (χ2n) is 3.13. The molecule has 3 heteroatoms. The van der Waals surface area contributed by atoms with Gasteiger partial charge in [0, 0.05) is 18.3 Å². The lowest BCUT2D eigenvalue weighted by Crippen LogP contribution is -2.24. The molecule has 0 N–H and O–H groups in total. The zero-order valence-corrected chi connectivity index (χ0v) is 9.15. The summed E-state index contributed by atoms with van der Waals surface area (Å²) in [5, 5.41) is 2.06. The topological polar surface area (TPSA) is 20.3 Å². The Bertz CT molecular complexity index is 293. The molecule has 1 heterocycles. The number of hydrogen-bond acceptors (Lipinski definition) is 2. The second kappa shape index (κ2) is 4.42. The van der Waals surface area contributed by atoms with Crippen LogP contribution in [0.2, 0.25) is 0 Å². The molecular formula is C10H15NOS. The maximum atomic E-state index is 11.3. The van der Waals surface area contributed by atoms with E-state index < -0.39 is 0 Å². The van der Waals surface area contributed by atoms with Gasteiger partial charge in [0.05, 0.1) is 6.54 Å². The number of nitrogens with zero attached hydrogens (tertiary/aromatic N) is 1. The van der Waals surface area contributed by atoms with Crippen LogP contribution < -0.4 is 0 Å². The van der Waals surface area contributed by atoms with Gasteiger partial charge in [-0.15, -0.1) is 11.3 Å². The van der Waals surface area contributed by atoms with E-state index in [0.29, 0.717) is 6.42 Å². The lowest BCUT2D eigenvalue weighted by atomic mass is 10.3. The van der Waals surface area contributed by atoms with Crippen molar-refractivity contribution in [1.29, 1.82) is 0 Å². The predicted octanol–water partition coefficient (Wildman–Crippen LogP) is 2.42. The second-order valence-corrected chi connectivity index (χ2v) is 4.13. The van der Waals surface area contributed by atoms with Crippen LogP contribution >= 0.6 is 11.3 Å². The Morgan fingerprint density at radius 3 is 2.77 bits per heavy atom. The first kappa shape index (κ1) is 10.3. The Labute approximate surface area is 83.2 Å². The third kappa shape index (κ3) is 2.56. The summed E-state index contributed by atoms with van der Waals surface area (Å²) in [7, 11) is 1.85. The van der Waals surface area contributed by atoms with Crippen LogP contribution in [0.5, 0.6) is 0 Å². The van der Waals surface area contributed by atoms with Crippen molar-refractivity contribution in [3.8, 4) is 0 Å². The molecule has 13 heavy (non-hydrogen) atoms. The average Bonchev–Trinajstić information content (AvgIpc) is 2.50. The van der Waals surface area contributed by atoms with E-state index >= 15 is 0 Å². The molecule has 0 radical (unpaired) electrons. The van der Waals surface area contributed by atoms with Crippen LogP contribution in [-0.2, 0) is 11.3 Å². The predicted molar refractivity (Wildman–Crippen MR) is 55.8 cm³/mol. The molecule has 0 saturated carbocycles. The number of carbonyl (C=O) groups is 1. The minimum Gasteiger partial charge on any atom is -0.341 e. The zero-order valence-electron chi connectivity index (χ0n) is 8.33. The lowest BCUT2D eigenvalue weighted by molar-refractivity contribution is -0.130. The van der Waals surface area contributed by atoms with E-state index in [4.69, 9.17) is 0 Å². The first-order chi connectivity index (χ1) is 6.15. The number of thiophene rings is 1. The van der Waals surface area contributed by atoms with Gasteiger partial charge in [-0.05, 0) is 23.9 Å². The van der Waals surface area contributed by atoms with Gasteiger partial charge in [0.25, 0.3) is 0 Å². The van der Waals surface area contributed by atoms with Crippen LogP contribution in [0.4, 0.5) is 0 Å². The first-order valence-corrected chi connectivity index (χ1v) is 5.30. The van der Waals surface area contributed by atoms with E-state index in [1.54, 1.807) is 16.2 Å². The van der Waals surface area contributed by atoms with Gasteiger partial charge in [-0.1, -0.05) is 6.92 Å². The molecule has 0 bridgehead atoms. The molecule has 0 aliphatic heterocycles. The fourth-order valence-electron chi connectivity index (χ4n) is 1.14. The van der Waals surface area contributed by atoms with Crippen molar-refractivity contribution < 1.29 is 4.79 Å². The lowest BCUT2D eigenvalue weighted by Gasteiger charge is -2.15. The SMILES string of the molecule is CCC(=O)N(C)Cc1sccc1C. The largest absolute Gasteiger partial charge is 0.341 e. The summed E-state index contributed by atoms with van der Waals surface area (Å²) in [5.41, 5.74) is 1.28. The quantitative estimate of drug-likeness (QED) is 0.728. The summed E-state index contributed by atoms with van der Waals surface area (Å²) in [5.74, 6) is 0.202. The van der Waals surface area contributed by atoms with Crippen molar-refractivity contribution in [2.45, 2.75) is 26.8 Å². The van der Waals surface area contributed by atoms with Gasteiger partial charge in [0.2, 0.25) is 5.91 Å². The van der Waals surface area contributed by atoms with Crippen LogP contribution in [0.15, 0.2) is 11.4 Å². The Morgan fingerprint density at radius 2 is 2.31 bits per heavy atom. The highest BCUT2D eigenvalue weighted by atomic mass is 32.1. The first-order valence-electron chi connectivity index (χ1n) is 4.42. The van der Waals surface area contributed by atoms with Crippen molar-refractivity contribution in [2.24, 2.45) is 0 Å². The summed E-state index contributed by atoms with van der Waals surface area (Å²) >= 11 is 1.71. The van der Waals surface area contributed by atoms with E-state index in [1.807, 2.05) is 14.0 Å². The molecule has 0 aliphatic rings. The van der Waals surface area contributed by atoms with Gasteiger partial charge in [-0.25, -0.2) is 0 Å². The van der Waals surface area contributed by atoms with Crippen LogP contribution in [0.25, 0.3) is 0 Å². The molecule has 1 aromatic heterocycles. The minimum absolute atomic E-state index is 0.202. The molecule has 1 amide bonds. The maximum Gasteiger partial charge on any atom is 0.222 e. The number of amides is 1. The molecule has 2 nitrogen and oxygen atoms in total. The minimum atomic E-state index is 0.202. The fourth-order valence-corrected chi connectivity index (χ4v) is 2.10. The molecule has 0 spiro atoms. The number of hydrogen-bond donors (Lipinski definition) is 0. The standard InChI is InChI=1S/C10H15NOS/c1-4-10(12)11(3)7-9-8(2)5-6-13-9/h5-6H,4,7H2,1-3H3. The maximum absolute atomic E-state index is 11.3. The summed E-state index contributed by atoms with van der Waals surface area (Å²) in [6.07, 6.45) is 0.584. The number of carbonyl (C=O) groups excluding carboxylic acids is 1. The third-order valence-corrected chi connectivity index (χ3v) is 3.08. The van der Waals surface area contributed by atoms with E-state index in [2.05, 4.69) is 18.4 Å². The van der Waals surface area contributed by atoms with Gasteiger partial charge in [0.15, 0.2) is 0 Å². The van der Waals surface area contributed by atoms with E-state index in [9.17, 15) is 4.79 Å². The molecule has 1 rings (SSSR count). The average molecular weight is 197 g/mol. The summed E-state index contributed by atoms with van der Waals surface area (Å²) in [6, 6.07) is 2.09. The van der Waals surface area contributed by atoms with E-state index in [0.717, 1.165) is 6.54 Å². The summed E-state index contributed by atoms with van der Waals surface area (Å²) in [4.78, 5) is 14.3. The van der Waals surface area contributed by atoms with Crippen LogP contribution in [-0.4, -0.2) is 17.9 Å². The molecular weight excluding hydrogens is 182 g/mol. The molecule has 0 aliphatic carbocycles. The highest BCUT2D eigenvalue weighted by molar-refractivity contribution is 7.10. The molecule has 0 unspecified atom stereocenters. The highest BCUT2D eigenvalue weighted by Gasteiger charge is 2.08. The van der Waals surface area contributed by atoms with Gasteiger partial charge in [-0.2, -0.15) is 0 Å². The molecule has 0 fully saturated rings. The van der Waals surface area contributed by atoms with Crippen LogP contribution in [0, 0.1) is 6.92 Å². The smallest absolute Gasteiger partial charge is 0.222 e. The molecule has 1 aromatic rings. The van der Waals surface area contributed by atoms with Crippen LogP contribution in [0.1, 0.15) is 23.8 Å². The number of aryl methyl sites for hydroxylation is 1. The van der Waals surface area contributed by atoms with Crippen molar-refractivity contribution in [2.75, 3.05) is 7.05 Å². The van der Waals surface area contributed by atoms with Crippen molar-refractivity contribution in [3.05, 3.63) is 21.9 Å². The number of rotatable bonds is 3. The van der Waals surface area contributed by atoms with E-state index in [-0.39, 0.29) is 5.91 Å². The van der Waals surface area contributed by atoms with Crippen molar-refractivity contribution >= 4 is 17.2 Å². The van der Waals surface area contributed by atoms with Gasteiger partial charge in [0.1, 0.15) is 0 Å². The Hall–Kier alpha value is -0.830. The Kier molecular flexibility index (Phi) is 3.48. The fraction of sp³-hybridized carbons (Fsp3) is 0.500. The highest BCUT2D eigenvalue weighted by Crippen LogP contribution is 2.17. The monoisotopic (exact) mass is 197 g/mol. The summed E-state index contributed by atoms with van der Waals surface area (Å²) < 4.78 is 0. The van der Waals surface area contributed by atoms with Crippen LogP contribution in [0.3, 0.4) is 0 Å². The Morgan fingerprint density at radius 1 is 1.62 bits per heavy atom. The molecule has 72 valence electrons. The summed E-state index contributed by atoms with van der Waals surface area (Å²) in [6.45, 7) is 4.71.